The normalized spacial score (nSPS) is 11.9. The van der Waals surface area contributed by atoms with Crippen LogP contribution in [-0.2, 0) is 0 Å². The lowest BCUT2D eigenvalue weighted by Gasteiger charge is -2.10. The number of hydrogen-bond acceptors (Lipinski definition) is 5. The van der Waals surface area contributed by atoms with Gasteiger partial charge in [0.15, 0.2) is 0 Å². The topological polar surface area (TPSA) is 118 Å². The van der Waals surface area contributed by atoms with Crippen LogP contribution in [0.1, 0.15) is 30.1 Å². The van der Waals surface area contributed by atoms with E-state index in [1.807, 2.05) is 6.92 Å². The summed E-state index contributed by atoms with van der Waals surface area (Å²) in [6, 6.07) is 3.98. The average Bonchev–Trinajstić information content (AvgIpc) is 2.42. The monoisotopic (exact) mass is 281 g/mol. The van der Waals surface area contributed by atoms with Gasteiger partial charge in [-0.1, -0.05) is 6.92 Å². The van der Waals surface area contributed by atoms with E-state index in [0.717, 1.165) is 12.8 Å². The second-order valence-electron chi connectivity index (χ2n) is 4.71. The molecule has 7 heteroatoms. The van der Waals surface area contributed by atoms with E-state index >= 15 is 0 Å². The number of hydrogen-bond donors (Lipinski definition) is 3. The van der Waals surface area contributed by atoms with E-state index in [0.29, 0.717) is 6.54 Å². The number of anilines is 1. The van der Waals surface area contributed by atoms with E-state index in [1.54, 1.807) is 0 Å². The Kier molecular flexibility index (Phi) is 5.92. The van der Waals surface area contributed by atoms with Gasteiger partial charge in [0.05, 0.1) is 4.92 Å². The number of aliphatic hydroxyl groups excluding tert-OH is 1. The number of primary amides is 1. The van der Waals surface area contributed by atoms with E-state index in [-0.39, 0.29) is 29.5 Å². The predicted octanol–water partition coefficient (Wildman–Crippen LogP) is 1.51. The molecule has 1 unspecified atom stereocenters. The molecule has 7 nitrogen and oxygen atoms in total. The molecule has 0 saturated carbocycles. The van der Waals surface area contributed by atoms with Gasteiger partial charge in [0.25, 0.3) is 5.69 Å². The highest BCUT2D eigenvalue weighted by Crippen LogP contribution is 2.25. The molecule has 0 fully saturated rings. The van der Waals surface area contributed by atoms with E-state index < -0.39 is 10.8 Å². The maximum atomic E-state index is 11.1. The van der Waals surface area contributed by atoms with E-state index in [2.05, 4.69) is 5.32 Å². The Morgan fingerprint density at radius 3 is 2.80 bits per heavy atom. The number of nitrogens with one attached hydrogen (secondary N) is 1. The summed E-state index contributed by atoms with van der Waals surface area (Å²) in [7, 11) is 0. The average molecular weight is 281 g/mol. The third-order valence-electron chi connectivity index (χ3n) is 2.98. The Labute approximate surface area is 116 Å². The maximum absolute atomic E-state index is 11.1. The fourth-order valence-corrected chi connectivity index (χ4v) is 1.75. The minimum Gasteiger partial charge on any atom is -0.396 e. The molecule has 0 aliphatic carbocycles. The van der Waals surface area contributed by atoms with Crippen LogP contribution in [0.2, 0.25) is 0 Å². The lowest BCUT2D eigenvalue weighted by molar-refractivity contribution is -0.384. The highest BCUT2D eigenvalue weighted by molar-refractivity contribution is 5.94. The van der Waals surface area contributed by atoms with Gasteiger partial charge in [-0.2, -0.15) is 0 Å². The summed E-state index contributed by atoms with van der Waals surface area (Å²) >= 11 is 0. The van der Waals surface area contributed by atoms with Crippen molar-refractivity contribution in [2.24, 2.45) is 11.7 Å². The summed E-state index contributed by atoms with van der Waals surface area (Å²) < 4.78 is 0. The Morgan fingerprint density at radius 2 is 2.25 bits per heavy atom. The number of benzene rings is 1. The Hall–Kier alpha value is -2.15. The first-order valence-corrected chi connectivity index (χ1v) is 6.38. The largest absolute Gasteiger partial charge is 0.396 e. The lowest BCUT2D eigenvalue weighted by Crippen LogP contribution is -2.13. The number of amides is 1. The van der Waals surface area contributed by atoms with Crippen molar-refractivity contribution in [1.82, 2.24) is 0 Å². The van der Waals surface area contributed by atoms with Crippen LogP contribution in [0.15, 0.2) is 18.2 Å². The van der Waals surface area contributed by atoms with Crippen molar-refractivity contribution in [3.63, 3.8) is 0 Å². The smallest absolute Gasteiger partial charge is 0.292 e. The zero-order valence-electron chi connectivity index (χ0n) is 11.3. The minimum atomic E-state index is -0.628. The second kappa shape index (κ2) is 7.44. The summed E-state index contributed by atoms with van der Waals surface area (Å²) in [5.74, 6) is -0.430. The van der Waals surface area contributed by atoms with E-state index in [9.17, 15) is 14.9 Å². The molecule has 0 bridgehead atoms. The Balaban J connectivity index is 2.73. The van der Waals surface area contributed by atoms with Crippen LogP contribution in [0, 0.1) is 16.0 Å². The van der Waals surface area contributed by atoms with Gasteiger partial charge in [0, 0.05) is 24.8 Å². The SMILES string of the molecule is CC(CO)CCCNc1cc(C(N)=O)ccc1[N+](=O)[O-]. The second-order valence-corrected chi connectivity index (χ2v) is 4.71. The zero-order valence-corrected chi connectivity index (χ0v) is 11.3. The van der Waals surface area contributed by atoms with Crippen molar-refractivity contribution >= 4 is 17.3 Å². The third-order valence-corrected chi connectivity index (χ3v) is 2.98. The van der Waals surface area contributed by atoms with Gasteiger partial charge in [0.1, 0.15) is 5.69 Å². The number of aliphatic hydroxyl groups is 1. The van der Waals surface area contributed by atoms with Gasteiger partial charge in [-0.25, -0.2) is 0 Å². The van der Waals surface area contributed by atoms with Gasteiger partial charge in [-0.15, -0.1) is 0 Å². The summed E-state index contributed by atoms with van der Waals surface area (Å²) in [6.07, 6.45) is 1.58. The number of nitrogens with zero attached hydrogens (tertiary/aromatic N) is 1. The molecule has 20 heavy (non-hydrogen) atoms. The van der Waals surface area contributed by atoms with Crippen LogP contribution >= 0.6 is 0 Å². The molecule has 1 aromatic carbocycles. The quantitative estimate of drug-likeness (QED) is 0.379. The highest BCUT2D eigenvalue weighted by atomic mass is 16.6. The lowest BCUT2D eigenvalue weighted by atomic mass is 10.1. The molecular weight excluding hydrogens is 262 g/mol. The molecule has 0 aliphatic heterocycles. The van der Waals surface area contributed by atoms with Crippen LogP contribution in [0.3, 0.4) is 0 Å². The molecule has 1 rings (SSSR count). The van der Waals surface area contributed by atoms with Crippen LogP contribution < -0.4 is 11.1 Å². The fourth-order valence-electron chi connectivity index (χ4n) is 1.75. The molecular formula is C13H19N3O4. The van der Waals surface area contributed by atoms with Crippen molar-refractivity contribution in [2.45, 2.75) is 19.8 Å². The first kappa shape index (κ1) is 15.9. The summed E-state index contributed by atoms with van der Waals surface area (Å²) in [5.41, 5.74) is 5.57. The van der Waals surface area contributed by atoms with Crippen molar-refractivity contribution in [1.29, 1.82) is 0 Å². The van der Waals surface area contributed by atoms with Crippen LogP contribution in [0.4, 0.5) is 11.4 Å². The van der Waals surface area contributed by atoms with E-state index in [4.69, 9.17) is 10.8 Å². The number of nitro groups is 1. The van der Waals surface area contributed by atoms with Gasteiger partial charge < -0.3 is 16.2 Å². The van der Waals surface area contributed by atoms with E-state index in [1.165, 1.54) is 18.2 Å². The fraction of sp³-hybridized carbons (Fsp3) is 0.462. The number of rotatable bonds is 8. The summed E-state index contributed by atoms with van der Waals surface area (Å²) in [5, 5.41) is 22.7. The standard InChI is InChI=1S/C13H19N3O4/c1-9(8-17)3-2-6-15-11-7-10(13(14)18)4-5-12(11)16(19)20/h4-5,7,9,15,17H,2-3,6,8H2,1H3,(H2,14,18). The molecule has 0 aromatic heterocycles. The predicted molar refractivity (Wildman–Crippen MR) is 75.6 cm³/mol. The molecule has 1 aromatic rings. The molecule has 0 heterocycles. The zero-order chi connectivity index (χ0) is 15.1. The van der Waals surface area contributed by atoms with Gasteiger partial charge in [-0.05, 0) is 30.9 Å². The molecule has 110 valence electrons. The van der Waals surface area contributed by atoms with Gasteiger partial charge in [0.2, 0.25) is 5.91 Å². The molecule has 0 radical (unpaired) electrons. The molecule has 0 aliphatic rings. The van der Waals surface area contributed by atoms with Crippen molar-refractivity contribution in [3.05, 3.63) is 33.9 Å². The first-order valence-electron chi connectivity index (χ1n) is 6.38. The van der Waals surface area contributed by atoms with Crippen molar-refractivity contribution in [2.75, 3.05) is 18.5 Å². The Morgan fingerprint density at radius 1 is 1.55 bits per heavy atom. The van der Waals surface area contributed by atoms with Crippen LogP contribution in [-0.4, -0.2) is 29.1 Å². The third kappa shape index (κ3) is 4.51. The van der Waals surface area contributed by atoms with Crippen LogP contribution in [0.25, 0.3) is 0 Å². The van der Waals surface area contributed by atoms with Crippen molar-refractivity contribution in [3.8, 4) is 0 Å². The Bertz CT molecular complexity index is 491. The minimum absolute atomic E-state index is 0.0924. The van der Waals surface area contributed by atoms with Gasteiger partial charge >= 0.3 is 0 Å². The highest BCUT2D eigenvalue weighted by Gasteiger charge is 2.15. The van der Waals surface area contributed by atoms with Crippen molar-refractivity contribution < 1.29 is 14.8 Å². The summed E-state index contributed by atoms with van der Waals surface area (Å²) in [6.45, 7) is 2.57. The molecule has 1 amide bonds. The molecule has 4 N–H and O–H groups in total. The summed E-state index contributed by atoms with van der Waals surface area (Å²) in [4.78, 5) is 21.5. The molecule has 0 saturated heterocycles. The number of nitrogens with two attached hydrogens (primary N) is 1. The first-order chi connectivity index (χ1) is 9.45. The number of carbonyl (C=O) groups excluding carboxylic acids is 1. The molecule has 0 spiro atoms. The molecule has 1 atom stereocenters. The van der Waals surface area contributed by atoms with Gasteiger partial charge in [-0.3, -0.25) is 14.9 Å². The maximum Gasteiger partial charge on any atom is 0.292 e. The van der Waals surface area contributed by atoms with Crippen LogP contribution in [0.5, 0.6) is 0 Å². The number of carbonyl (C=O) groups is 1. The number of nitro benzene ring substituents is 1.